The van der Waals surface area contributed by atoms with Gasteiger partial charge in [-0.15, -0.1) is 0 Å². The van der Waals surface area contributed by atoms with Gasteiger partial charge < -0.3 is 10.2 Å². The van der Waals surface area contributed by atoms with Gasteiger partial charge in [0.15, 0.2) is 9.84 Å². The Bertz CT molecular complexity index is 871. The van der Waals surface area contributed by atoms with E-state index in [1.807, 2.05) is 24.8 Å². The smallest absolute Gasteiger partial charge is 0.225 e. The maximum absolute atomic E-state index is 13.0. The van der Waals surface area contributed by atoms with Crippen molar-refractivity contribution < 1.29 is 12.8 Å². The quantitative estimate of drug-likeness (QED) is 0.833. The van der Waals surface area contributed by atoms with Crippen molar-refractivity contribution in [1.82, 2.24) is 9.97 Å². The van der Waals surface area contributed by atoms with Gasteiger partial charge in [0.1, 0.15) is 11.6 Å². The van der Waals surface area contributed by atoms with Gasteiger partial charge in [0.05, 0.1) is 11.5 Å². The van der Waals surface area contributed by atoms with Crippen LogP contribution in [-0.4, -0.2) is 42.5 Å². The van der Waals surface area contributed by atoms with Crippen molar-refractivity contribution in [3.05, 3.63) is 47.4 Å². The second kappa shape index (κ2) is 7.57. The number of rotatable bonds is 6. The van der Waals surface area contributed by atoms with Gasteiger partial charge in [0.25, 0.3) is 0 Å². The molecule has 0 amide bonds. The SMILES string of the molecule is CCN(c1cc(C)nc(NCc2ccc(F)cc2)n1)C1CCS(=O)(=O)C1. The van der Waals surface area contributed by atoms with Crippen molar-refractivity contribution in [2.24, 2.45) is 0 Å². The molecular formula is C18H23FN4O2S. The van der Waals surface area contributed by atoms with E-state index in [1.165, 1.54) is 12.1 Å². The first-order chi connectivity index (χ1) is 12.4. The fraction of sp³-hybridized carbons (Fsp3) is 0.444. The van der Waals surface area contributed by atoms with E-state index in [9.17, 15) is 12.8 Å². The van der Waals surface area contributed by atoms with Crippen LogP contribution in [-0.2, 0) is 16.4 Å². The molecule has 1 atom stereocenters. The molecule has 0 saturated carbocycles. The monoisotopic (exact) mass is 378 g/mol. The summed E-state index contributed by atoms with van der Waals surface area (Å²) in [5, 5.41) is 3.16. The zero-order valence-corrected chi connectivity index (χ0v) is 15.8. The van der Waals surface area contributed by atoms with E-state index < -0.39 is 9.84 Å². The van der Waals surface area contributed by atoms with Crippen LogP contribution < -0.4 is 10.2 Å². The molecular weight excluding hydrogens is 355 g/mol. The van der Waals surface area contributed by atoms with Crippen molar-refractivity contribution in [3.8, 4) is 0 Å². The summed E-state index contributed by atoms with van der Waals surface area (Å²) >= 11 is 0. The molecule has 6 nitrogen and oxygen atoms in total. The Balaban J connectivity index is 1.76. The molecule has 8 heteroatoms. The average Bonchev–Trinajstić information content (AvgIpc) is 2.94. The van der Waals surface area contributed by atoms with Gasteiger partial charge in [-0.25, -0.2) is 17.8 Å². The van der Waals surface area contributed by atoms with Crippen LogP contribution in [0.3, 0.4) is 0 Å². The largest absolute Gasteiger partial charge is 0.353 e. The van der Waals surface area contributed by atoms with Crippen molar-refractivity contribution in [1.29, 1.82) is 0 Å². The normalized spacial score (nSPS) is 18.7. The fourth-order valence-electron chi connectivity index (χ4n) is 3.19. The van der Waals surface area contributed by atoms with E-state index in [-0.39, 0.29) is 23.4 Å². The molecule has 1 fully saturated rings. The Morgan fingerprint density at radius 2 is 2.00 bits per heavy atom. The highest BCUT2D eigenvalue weighted by molar-refractivity contribution is 7.91. The Labute approximate surface area is 153 Å². The number of sulfone groups is 1. The first-order valence-electron chi connectivity index (χ1n) is 8.67. The van der Waals surface area contributed by atoms with Crippen LogP contribution in [0.1, 0.15) is 24.6 Å². The molecule has 1 unspecified atom stereocenters. The molecule has 0 aliphatic carbocycles. The number of aromatic nitrogens is 2. The highest BCUT2D eigenvalue weighted by Crippen LogP contribution is 2.24. The second-order valence-electron chi connectivity index (χ2n) is 6.51. The molecule has 2 aromatic rings. The molecule has 26 heavy (non-hydrogen) atoms. The molecule has 1 saturated heterocycles. The van der Waals surface area contributed by atoms with Gasteiger partial charge in [0, 0.05) is 30.9 Å². The third kappa shape index (κ3) is 4.49. The van der Waals surface area contributed by atoms with E-state index in [1.54, 1.807) is 12.1 Å². The zero-order chi connectivity index (χ0) is 18.7. The van der Waals surface area contributed by atoms with Gasteiger partial charge in [-0.1, -0.05) is 12.1 Å². The van der Waals surface area contributed by atoms with Gasteiger partial charge in [0.2, 0.25) is 5.95 Å². The van der Waals surface area contributed by atoms with Crippen LogP contribution in [0.2, 0.25) is 0 Å². The number of hydrogen-bond donors (Lipinski definition) is 1. The lowest BCUT2D eigenvalue weighted by molar-refractivity contribution is 0.599. The predicted octanol–water partition coefficient (Wildman–Crippen LogP) is 2.55. The summed E-state index contributed by atoms with van der Waals surface area (Å²) in [6.07, 6.45) is 0.623. The molecule has 0 bridgehead atoms. The Kier molecular flexibility index (Phi) is 5.41. The van der Waals surface area contributed by atoms with Gasteiger partial charge >= 0.3 is 0 Å². The number of aryl methyl sites for hydroxylation is 1. The molecule has 140 valence electrons. The molecule has 0 radical (unpaired) electrons. The Hall–Kier alpha value is -2.22. The summed E-state index contributed by atoms with van der Waals surface area (Å²) in [6, 6.07) is 8.07. The fourth-order valence-corrected chi connectivity index (χ4v) is 4.92. The zero-order valence-electron chi connectivity index (χ0n) is 14.9. The predicted molar refractivity (Wildman–Crippen MR) is 101 cm³/mol. The van der Waals surface area contributed by atoms with Crippen molar-refractivity contribution >= 4 is 21.6 Å². The lowest BCUT2D eigenvalue weighted by Crippen LogP contribution is -2.37. The highest BCUT2D eigenvalue weighted by Gasteiger charge is 2.32. The van der Waals surface area contributed by atoms with E-state index in [0.717, 1.165) is 17.1 Å². The minimum atomic E-state index is -2.96. The number of nitrogens with one attached hydrogen (secondary N) is 1. The third-order valence-corrected chi connectivity index (χ3v) is 6.24. The second-order valence-corrected chi connectivity index (χ2v) is 8.74. The van der Waals surface area contributed by atoms with Crippen LogP contribution in [0.5, 0.6) is 0 Å². The number of nitrogens with zero attached hydrogens (tertiary/aromatic N) is 3. The van der Waals surface area contributed by atoms with Crippen molar-refractivity contribution in [2.75, 3.05) is 28.3 Å². The summed E-state index contributed by atoms with van der Waals surface area (Å²) in [5.41, 5.74) is 1.73. The molecule has 1 aliphatic rings. The number of halogens is 1. The maximum Gasteiger partial charge on any atom is 0.225 e. The summed E-state index contributed by atoms with van der Waals surface area (Å²) in [7, 11) is -2.96. The molecule has 2 heterocycles. The Morgan fingerprint density at radius 3 is 2.62 bits per heavy atom. The standard InChI is InChI=1S/C18H23FN4O2S/c1-3-23(16-8-9-26(24,25)12-16)17-10-13(2)21-18(22-17)20-11-14-4-6-15(19)7-5-14/h4-7,10,16H,3,8-9,11-12H2,1-2H3,(H,20,21,22). The Morgan fingerprint density at radius 1 is 1.27 bits per heavy atom. The molecule has 1 aliphatic heterocycles. The number of benzene rings is 1. The van der Waals surface area contributed by atoms with E-state index in [0.29, 0.717) is 25.5 Å². The van der Waals surface area contributed by atoms with Gasteiger partial charge in [-0.2, -0.15) is 4.98 Å². The van der Waals surface area contributed by atoms with E-state index in [4.69, 9.17) is 0 Å². The molecule has 0 spiro atoms. The summed E-state index contributed by atoms with van der Waals surface area (Å²) in [5.74, 6) is 1.33. The van der Waals surface area contributed by atoms with Crippen LogP contribution in [0.25, 0.3) is 0 Å². The molecule has 1 aromatic carbocycles. The van der Waals surface area contributed by atoms with Crippen LogP contribution in [0.4, 0.5) is 16.2 Å². The van der Waals surface area contributed by atoms with Gasteiger partial charge in [-0.3, -0.25) is 0 Å². The highest BCUT2D eigenvalue weighted by atomic mass is 32.2. The maximum atomic E-state index is 13.0. The van der Waals surface area contributed by atoms with Crippen LogP contribution in [0.15, 0.2) is 30.3 Å². The molecule has 3 rings (SSSR count). The van der Waals surface area contributed by atoms with Crippen LogP contribution >= 0.6 is 0 Å². The average molecular weight is 378 g/mol. The summed E-state index contributed by atoms with van der Waals surface area (Å²) in [4.78, 5) is 11.0. The number of anilines is 2. The lowest BCUT2D eigenvalue weighted by atomic mass is 10.2. The molecule has 1 N–H and O–H groups in total. The summed E-state index contributed by atoms with van der Waals surface area (Å²) < 4.78 is 36.6. The van der Waals surface area contributed by atoms with Crippen molar-refractivity contribution in [3.63, 3.8) is 0 Å². The van der Waals surface area contributed by atoms with E-state index >= 15 is 0 Å². The topological polar surface area (TPSA) is 75.2 Å². The minimum Gasteiger partial charge on any atom is -0.353 e. The van der Waals surface area contributed by atoms with Crippen molar-refractivity contribution in [2.45, 2.75) is 32.9 Å². The van der Waals surface area contributed by atoms with E-state index in [2.05, 4.69) is 15.3 Å². The minimum absolute atomic E-state index is 0.0516. The lowest BCUT2D eigenvalue weighted by Gasteiger charge is -2.28. The summed E-state index contributed by atoms with van der Waals surface area (Å²) in [6.45, 7) is 5.03. The molecule has 1 aromatic heterocycles. The first kappa shape index (κ1) is 18.6. The third-order valence-electron chi connectivity index (χ3n) is 4.49. The van der Waals surface area contributed by atoms with Gasteiger partial charge in [-0.05, 0) is 38.0 Å². The first-order valence-corrected chi connectivity index (χ1v) is 10.5. The number of hydrogen-bond acceptors (Lipinski definition) is 6. The van der Waals surface area contributed by atoms with Crippen LogP contribution in [0, 0.1) is 12.7 Å².